The molecule has 22 heavy (non-hydrogen) atoms. The van der Waals surface area contributed by atoms with Crippen LogP contribution in [0.2, 0.25) is 0 Å². The SMILES string of the molecule is CC(C)N(Cc1ccccc1)C1CCCN(C(=O)[C@H](C)N)C1. The molecule has 1 saturated heterocycles. The zero-order valence-electron chi connectivity index (χ0n) is 14.0. The van der Waals surface area contributed by atoms with Gasteiger partial charge in [0.1, 0.15) is 0 Å². The lowest BCUT2D eigenvalue weighted by Gasteiger charge is -2.42. The molecule has 1 aliphatic heterocycles. The van der Waals surface area contributed by atoms with Crippen molar-refractivity contribution in [3.63, 3.8) is 0 Å². The number of piperidine rings is 1. The number of hydrogen-bond acceptors (Lipinski definition) is 3. The molecule has 1 fully saturated rings. The summed E-state index contributed by atoms with van der Waals surface area (Å²) in [6, 6.07) is 11.0. The summed E-state index contributed by atoms with van der Waals surface area (Å²) < 4.78 is 0. The number of amides is 1. The average molecular weight is 303 g/mol. The number of rotatable bonds is 5. The van der Waals surface area contributed by atoms with Gasteiger partial charge in [-0.15, -0.1) is 0 Å². The molecule has 1 aliphatic rings. The normalized spacial score (nSPS) is 20.5. The highest BCUT2D eigenvalue weighted by Gasteiger charge is 2.30. The Morgan fingerprint density at radius 3 is 2.59 bits per heavy atom. The van der Waals surface area contributed by atoms with Gasteiger partial charge in [0.2, 0.25) is 5.91 Å². The monoisotopic (exact) mass is 303 g/mol. The molecule has 0 aliphatic carbocycles. The first-order chi connectivity index (χ1) is 10.5. The molecule has 2 N–H and O–H groups in total. The van der Waals surface area contributed by atoms with E-state index in [1.54, 1.807) is 6.92 Å². The summed E-state index contributed by atoms with van der Waals surface area (Å²) in [5, 5.41) is 0. The van der Waals surface area contributed by atoms with Crippen molar-refractivity contribution in [2.45, 2.75) is 58.3 Å². The Labute approximate surface area is 134 Å². The zero-order valence-corrected chi connectivity index (χ0v) is 14.0. The van der Waals surface area contributed by atoms with E-state index in [-0.39, 0.29) is 5.91 Å². The van der Waals surface area contributed by atoms with E-state index in [0.717, 1.165) is 32.5 Å². The van der Waals surface area contributed by atoms with Crippen molar-refractivity contribution in [3.8, 4) is 0 Å². The van der Waals surface area contributed by atoms with Gasteiger partial charge in [0, 0.05) is 31.7 Å². The quantitative estimate of drug-likeness (QED) is 0.907. The molecule has 1 amide bonds. The minimum Gasteiger partial charge on any atom is -0.340 e. The van der Waals surface area contributed by atoms with Crippen LogP contribution in [0.5, 0.6) is 0 Å². The maximum absolute atomic E-state index is 12.2. The number of nitrogens with two attached hydrogens (primary N) is 1. The van der Waals surface area contributed by atoms with Crippen LogP contribution in [-0.2, 0) is 11.3 Å². The van der Waals surface area contributed by atoms with Crippen LogP contribution in [-0.4, -0.2) is 46.9 Å². The number of nitrogens with zero attached hydrogens (tertiary/aromatic N) is 2. The van der Waals surface area contributed by atoms with E-state index >= 15 is 0 Å². The van der Waals surface area contributed by atoms with Gasteiger partial charge in [-0.05, 0) is 39.2 Å². The first-order valence-electron chi connectivity index (χ1n) is 8.33. The van der Waals surface area contributed by atoms with Gasteiger partial charge < -0.3 is 10.6 Å². The van der Waals surface area contributed by atoms with Crippen molar-refractivity contribution in [1.82, 2.24) is 9.80 Å². The van der Waals surface area contributed by atoms with E-state index in [9.17, 15) is 4.79 Å². The third-order valence-corrected chi connectivity index (χ3v) is 4.44. The first-order valence-corrected chi connectivity index (χ1v) is 8.33. The van der Waals surface area contributed by atoms with Gasteiger partial charge in [0.05, 0.1) is 6.04 Å². The molecule has 4 heteroatoms. The smallest absolute Gasteiger partial charge is 0.239 e. The van der Waals surface area contributed by atoms with Gasteiger partial charge in [-0.2, -0.15) is 0 Å². The highest BCUT2D eigenvalue weighted by atomic mass is 16.2. The van der Waals surface area contributed by atoms with Crippen molar-refractivity contribution in [1.29, 1.82) is 0 Å². The highest BCUT2D eigenvalue weighted by molar-refractivity contribution is 5.81. The molecule has 4 nitrogen and oxygen atoms in total. The lowest BCUT2D eigenvalue weighted by Crippen LogP contribution is -2.54. The van der Waals surface area contributed by atoms with Crippen molar-refractivity contribution >= 4 is 5.91 Å². The van der Waals surface area contributed by atoms with Crippen LogP contribution in [0.4, 0.5) is 0 Å². The van der Waals surface area contributed by atoms with Crippen LogP contribution in [0.1, 0.15) is 39.2 Å². The minimum absolute atomic E-state index is 0.0770. The Bertz CT molecular complexity index is 472. The number of carbonyl (C=O) groups excluding carboxylic acids is 1. The van der Waals surface area contributed by atoms with Gasteiger partial charge >= 0.3 is 0 Å². The molecule has 122 valence electrons. The Morgan fingerprint density at radius 1 is 1.32 bits per heavy atom. The summed E-state index contributed by atoms with van der Waals surface area (Å²) in [5.41, 5.74) is 7.09. The van der Waals surface area contributed by atoms with Gasteiger partial charge in [-0.3, -0.25) is 9.69 Å². The molecule has 0 radical (unpaired) electrons. The predicted octanol–water partition coefficient (Wildman–Crippen LogP) is 2.24. The van der Waals surface area contributed by atoms with Crippen molar-refractivity contribution in [3.05, 3.63) is 35.9 Å². The van der Waals surface area contributed by atoms with Crippen LogP contribution < -0.4 is 5.73 Å². The molecule has 1 aromatic carbocycles. The van der Waals surface area contributed by atoms with Crippen molar-refractivity contribution in [2.24, 2.45) is 5.73 Å². The molecule has 0 saturated carbocycles. The predicted molar refractivity (Wildman–Crippen MR) is 90.4 cm³/mol. The number of likely N-dealkylation sites (tertiary alicyclic amines) is 1. The largest absolute Gasteiger partial charge is 0.340 e. The van der Waals surface area contributed by atoms with E-state index in [4.69, 9.17) is 5.73 Å². The lowest BCUT2D eigenvalue weighted by molar-refractivity contribution is -0.134. The molecule has 1 heterocycles. The second-order valence-electron chi connectivity index (χ2n) is 6.62. The molecule has 1 aromatic rings. The van der Waals surface area contributed by atoms with Crippen LogP contribution in [0.25, 0.3) is 0 Å². The molecule has 0 spiro atoms. The van der Waals surface area contributed by atoms with Gasteiger partial charge in [0.25, 0.3) is 0 Å². The fraction of sp³-hybridized carbons (Fsp3) is 0.611. The average Bonchev–Trinajstić information content (AvgIpc) is 2.52. The maximum atomic E-state index is 12.2. The van der Waals surface area contributed by atoms with E-state index in [0.29, 0.717) is 12.1 Å². The molecule has 2 rings (SSSR count). The fourth-order valence-corrected chi connectivity index (χ4v) is 3.24. The Morgan fingerprint density at radius 2 is 2.00 bits per heavy atom. The molecule has 2 atom stereocenters. The van der Waals surface area contributed by atoms with E-state index in [1.165, 1.54) is 5.56 Å². The van der Waals surface area contributed by atoms with E-state index < -0.39 is 6.04 Å². The summed E-state index contributed by atoms with van der Waals surface area (Å²) in [4.78, 5) is 16.6. The standard InChI is InChI=1S/C18H29N3O/c1-14(2)21(12-16-8-5-4-6-9-16)17-10-7-11-20(13-17)18(22)15(3)19/h4-6,8-9,14-15,17H,7,10-13,19H2,1-3H3/t15-,17?/m0/s1. The third kappa shape index (κ3) is 4.31. The second kappa shape index (κ2) is 7.75. The minimum atomic E-state index is -0.402. The first kappa shape index (κ1) is 17.0. The van der Waals surface area contributed by atoms with Crippen LogP contribution >= 0.6 is 0 Å². The Balaban J connectivity index is 2.06. The summed E-state index contributed by atoms with van der Waals surface area (Å²) in [7, 11) is 0. The zero-order chi connectivity index (χ0) is 16.1. The van der Waals surface area contributed by atoms with Crippen LogP contribution in [0.3, 0.4) is 0 Å². The highest BCUT2D eigenvalue weighted by Crippen LogP contribution is 2.21. The van der Waals surface area contributed by atoms with Gasteiger partial charge in [-0.25, -0.2) is 0 Å². The van der Waals surface area contributed by atoms with Gasteiger partial charge in [0.15, 0.2) is 0 Å². The third-order valence-electron chi connectivity index (χ3n) is 4.44. The number of hydrogen-bond donors (Lipinski definition) is 1. The lowest BCUT2D eigenvalue weighted by atomic mass is 10.0. The number of benzene rings is 1. The van der Waals surface area contributed by atoms with Crippen molar-refractivity contribution < 1.29 is 4.79 Å². The Hall–Kier alpha value is -1.39. The maximum Gasteiger partial charge on any atom is 0.239 e. The fourth-order valence-electron chi connectivity index (χ4n) is 3.24. The molecule has 1 unspecified atom stereocenters. The summed E-state index contributed by atoms with van der Waals surface area (Å²) in [5.74, 6) is 0.0770. The number of carbonyl (C=O) groups is 1. The van der Waals surface area contributed by atoms with Crippen LogP contribution in [0, 0.1) is 0 Å². The summed E-state index contributed by atoms with van der Waals surface area (Å²) in [6.07, 6.45) is 2.20. The second-order valence-corrected chi connectivity index (χ2v) is 6.62. The van der Waals surface area contributed by atoms with E-state index in [2.05, 4.69) is 43.0 Å². The topological polar surface area (TPSA) is 49.6 Å². The summed E-state index contributed by atoms with van der Waals surface area (Å²) in [6.45, 7) is 8.81. The molecule has 0 aromatic heterocycles. The molecule has 0 bridgehead atoms. The summed E-state index contributed by atoms with van der Waals surface area (Å²) >= 11 is 0. The Kier molecular flexibility index (Phi) is 5.98. The molecular weight excluding hydrogens is 274 g/mol. The van der Waals surface area contributed by atoms with Gasteiger partial charge in [-0.1, -0.05) is 30.3 Å². The van der Waals surface area contributed by atoms with E-state index in [1.807, 2.05) is 11.0 Å². The molecular formula is C18H29N3O. The van der Waals surface area contributed by atoms with Crippen molar-refractivity contribution in [2.75, 3.05) is 13.1 Å². The van der Waals surface area contributed by atoms with Crippen LogP contribution in [0.15, 0.2) is 30.3 Å².